The van der Waals surface area contributed by atoms with Crippen LogP contribution in [-0.2, 0) is 4.79 Å². The van der Waals surface area contributed by atoms with Crippen LogP contribution in [0.15, 0.2) is 24.3 Å². The van der Waals surface area contributed by atoms with Gasteiger partial charge in [0.1, 0.15) is 0 Å². The van der Waals surface area contributed by atoms with Crippen molar-refractivity contribution in [1.29, 1.82) is 0 Å². The number of carbonyl (C=O) groups is 1. The fourth-order valence-electron chi connectivity index (χ4n) is 2.36. The summed E-state index contributed by atoms with van der Waals surface area (Å²) in [5.41, 5.74) is 0.970. The minimum atomic E-state index is -0.0411. The highest BCUT2D eigenvalue weighted by molar-refractivity contribution is 6.31. The molecule has 2 rings (SSSR count). The zero-order chi connectivity index (χ0) is 13.0. The number of rotatable bonds is 4. The lowest BCUT2D eigenvalue weighted by molar-refractivity contribution is -0.122. The van der Waals surface area contributed by atoms with Gasteiger partial charge in [0, 0.05) is 11.4 Å². The second kappa shape index (κ2) is 6.21. The molecule has 1 aromatic rings. The van der Waals surface area contributed by atoms with Gasteiger partial charge in [-0.2, -0.15) is 0 Å². The molecule has 1 aliphatic rings. The molecule has 0 aliphatic carbocycles. The molecule has 1 aromatic carbocycles. The fourth-order valence-corrected chi connectivity index (χ4v) is 2.65. The number of carbonyl (C=O) groups excluding carboxylic acids is 1. The lowest BCUT2D eigenvalue weighted by Crippen LogP contribution is -2.29. The Labute approximate surface area is 113 Å². The third kappa shape index (κ3) is 3.47. The summed E-state index contributed by atoms with van der Waals surface area (Å²) in [6, 6.07) is 7.58. The van der Waals surface area contributed by atoms with E-state index in [4.69, 9.17) is 11.6 Å². The van der Waals surface area contributed by atoms with Crippen molar-refractivity contribution in [3.05, 3.63) is 34.9 Å². The van der Waals surface area contributed by atoms with Gasteiger partial charge in [0.2, 0.25) is 5.91 Å². The van der Waals surface area contributed by atoms with E-state index in [-0.39, 0.29) is 11.9 Å². The van der Waals surface area contributed by atoms with Crippen LogP contribution in [0, 0.1) is 5.92 Å². The summed E-state index contributed by atoms with van der Waals surface area (Å²) in [5, 5.41) is 6.99. The Balaban J connectivity index is 1.88. The minimum Gasteiger partial charge on any atom is -0.350 e. The van der Waals surface area contributed by atoms with Gasteiger partial charge in [0.25, 0.3) is 0 Å². The lowest BCUT2D eigenvalue weighted by Gasteiger charge is -2.17. The first-order chi connectivity index (χ1) is 8.66. The van der Waals surface area contributed by atoms with Crippen LogP contribution in [0.1, 0.15) is 31.4 Å². The molecule has 0 spiro atoms. The highest BCUT2D eigenvalue weighted by Gasteiger charge is 2.19. The Hall–Kier alpha value is -1.06. The Morgan fingerprint density at radius 1 is 1.56 bits per heavy atom. The number of benzene rings is 1. The van der Waals surface area contributed by atoms with E-state index in [9.17, 15) is 4.79 Å². The molecule has 0 saturated carbocycles. The summed E-state index contributed by atoms with van der Waals surface area (Å²) in [4.78, 5) is 11.9. The zero-order valence-corrected chi connectivity index (χ0v) is 11.3. The van der Waals surface area contributed by atoms with Gasteiger partial charge < -0.3 is 10.6 Å². The van der Waals surface area contributed by atoms with Crippen LogP contribution in [0.25, 0.3) is 0 Å². The molecule has 2 unspecified atom stereocenters. The summed E-state index contributed by atoms with van der Waals surface area (Å²) >= 11 is 6.11. The first-order valence-corrected chi connectivity index (χ1v) is 6.79. The molecule has 3 nitrogen and oxygen atoms in total. The quantitative estimate of drug-likeness (QED) is 0.879. The molecule has 2 atom stereocenters. The van der Waals surface area contributed by atoms with Crippen LogP contribution in [0.2, 0.25) is 5.02 Å². The number of amides is 1. The van der Waals surface area contributed by atoms with Crippen LogP contribution < -0.4 is 10.6 Å². The maximum Gasteiger partial charge on any atom is 0.220 e. The van der Waals surface area contributed by atoms with Gasteiger partial charge in [0.15, 0.2) is 0 Å². The number of nitrogens with one attached hydrogen (secondary N) is 2. The van der Waals surface area contributed by atoms with Crippen molar-refractivity contribution in [2.45, 2.75) is 25.8 Å². The van der Waals surface area contributed by atoms with E-state index >= 15 is 0 Å². The van der Waals surface area contributed by atoms with E-state index in [0.29, 0.717) is 17.4 Å². The standard InChI is InChI=1S/C14H19ClN2O/c1-10(12-4-2-3-5-13(12)15)17-14(18)8-11-6-7-16-9-11/h2-5,10-11,16H,6-9H2,1H3,(H,17,18). The van der Waals surface area contributed by atoms with E-state index in [2.05, 4.69) is 10.6 Å². The zero-order valence-electron chi connectivity index (χ0n) is 10.6. The Morgan fingerprint density at radius 2 is 2.33 bits per heavy atom. The fraction of sp³-hybridized carbons (Fsp3) is 0.500. The maximum absolute atomic E-state index is 11.9. The van der Waals surface area contributed by atoms with Crippen LogP contribution >= 0.6 is 11.6 Å². The molecule has 1 fully saturated rings. The summed E-state index contributed by atoms with van der Waals surface area (Å²) in [6.45, 7) is 3.94. The van der Waals surface area contributed by atoms with Crippen molar-refractivity contribution in [3.8, 4) is 0 Å². The van der Waals surface area contributed by atoms with Gasteiger partial charge in [-0.15, -0.1) is 0 Å². The highest BCUT2D eigenvalue weighted by Crippen LogP contribution is 2.22. The highest BCUT2D eigenvalue weighted by atomic mass is 35.5. The smallest absolute Gasteiger partial charge is 0.220 e. The van der Waals surface area contributed by atoms with E-state index in [0.717, 1.165) is 25.1 Å². The van der Waals surface area contributed by atoms with Gasteiger partial charge in [-0.3, -0.25) is 4.79 Å². The molecule has 0 radical (unpaired) electrons. The van der Waals surface area contributed by atoms with Gasteiger partial charge in [0.05, 0.1) is 6.04 Å². The Bertz CT molecular complexity index is 416. The monoisotopic (exact) mass is 266 g/mol. The number of hydrogen-bond acceptors (Lipinski definition) is 2. The topological polar surface area (TPSA) is 41.1 Å². The average Bonchev–Trinajstić information content (AvgIpc) is 2.82. The summed E-state index contributed by atoms with van der Waals surface area (Å²) in [5.74, 6) is 0.583. The van der Waals surface area contributed by atoms with E-state index < -0.39 is 0 Å². The first kappa shape index (κ1) is 13.4. The molecule has 1 saturated heterocycles. The second-order valence-electron chi connectivity index (χ2n) is 4.87. The van der Waals surface area contributed by atoms with Crippen molar-refractivity contribution in [2.24, 2.45) is 5.92 Å². The predicted octanol–water partition coefficient (Wildman–Crippen LogP) is 2.52. The Kier molecular flexibility index (Phi) is 4.61. The minimum absolute atomic E-state index is 0.0411. The lowest BCUT2D eigenvalue weighted by atomic mass is 10.0. The number of halogens is 1. The van der Waals surface area contributed by atoms with Crippen molar-refractivity contribution in [2.75, 3.05) is 13.1 Å². The molecule has 98 valence electrons. The normalized spacial score (nSPS) is 20.7. The van der Waals surface area contributed by atoms with Crippen LogP contribution in [0.5, 0.6) is 0 Å². The van der Waals surface area contributed by atoms with E-state index in [1.807, 2.05) is 31.2 Å². The third-order valence-corrected chi connectivity index (χ3v) is 3.73. The molecule has 2 N–H and O–H groups in total. The summed E-state index contributed by atoms with van der Waals surface area (Å²) in [6.07, 6.45) is 1.69. The Morgan fingerprint density at radius 3 is 3.00 bits per heavy atom. The van der Waals surface area contributed by atoms with Gasteiger partial charge in [-0.05, 0) is 44.0 Å². The number of hydrogen-bond donors (Lipinski definition) is 2. The van der Waals surface area contributed by atoms with Crippen molar-refractivity contribution in [3.63, 3.8) is 0 Å². The first-order valence-electron chi connectivity index (χ1n) is 6.41. The van der Waals surface area contributed by atoms with Crippen LogP contribution in [-0.4, -0.2) is 19.0 Å². The molecule has 0 aromatic heterocycles. The van der Waals surface area contributed by atoms with E-state index in [1.165, 1.54) is 0 Å². The van der Waals surface area contributed by atoms with Gasteiger partial charge in [-0.25, -0.2) is 0 Å². The molecule has 1 amide bonds. The molecule has 18 heavy (non-hydrogen) atoms. The SMILES string of the molecule is CC(NC(=O)CC1CCNC1)c1ccccc1Cl. The molecular formula is C14H19ClN2O. The largest absolute Gasteiger partial charge is 0.350 e. The third-order valence-electron chi connectivity index (χ3n) is 3.39. The van der Waals surface area contributed by atoms with Crippen LogP contribution in [0.3, 0.4) is 0 Å². The molecule has 1 aliphatic heterocycles. The molecule has 0 bridgehead atoms. The van der Waals surface area contributed by atoms with Crippen molar-refractivity contribution >= 4 is 17.5 Å². The summed E-state index contributed by atoms with van der Waals surface area (Å²) < 4.78 is 0. The van der Waals surface area contributed by atoms with Crippen molar-refractivity contribution in [1.82, 2.24) is 10.6 Å². The second-order valence-corrected chi connectivity index (χ2v) is 5.28. The van der Waals surface area contributed by atoms with Gasteiger partial charge in [-0.1, -0.05) is 29.8 Å². The molecule has 1 heterocycles. The average molecular weight is 267 g/mol. The predicted molar refractivity (Wildman–Crippen MR) is 73.6 cm³/mol. The van der Waals surface area contributed by atoms with Crippen molar-refractivity contribution < 1.29 is 4.79 Å². The summed E-state index contributed by atoms with van der Waals surface area (Å²) in [7, 11) is 0. The van der Waals surface area contributed by atoms with Gasteiger partial charge >= 0.3 is 0 Å². The maximum atomic E-state index is 11.9. The van der Waals surface area contributed by atoms with Crippen LogP contribution in [0.4, 0.5) is 0 Å². The molecular weight excluding hydrogens is 248 g/mol. The molecule has 4 heteroatoms. The van der Waals surface area contributed by atoms with E-state index in [1.54, 1.807) is 0 Å².